The van der Waals surface area contributed by atoms with Crippen molar-refractivity contribution in [1.29, 1.82) is 0 Å². The summed E-state index contributed by atoms with van der Waals surface area (Å²) in [6.07, 6.45) is 0. The number of carbonyl (C=O) groups excluding carboxylic acids is 2. The summed E-state index contributed by atoms with van der Waals surface area (Å²) in [7, 11) is 5.85. The third-order valence-electron chi connectivity index (χ3n) is 4.51. The van der Waals surface area contributed by atoms with Crippen molar-refractivity contribution in [3.8, 4) is 34.5 Å². The zero-order chi connectivity index (χ0) is 23.1. The van der Waals surface area contributed by atoms with E-state index in [0.29, 0.717) is 23.0 Å². The Balaban J connectivity index is 1.77. The first-order valence-electron chi connectivity index (χ1n) is 9.48. The second-order valence-corrected chi connectivity index (χ2v) is 6.34. The van der Waals surface area contributed by atoms with Crippen molar-refractivity contribution in [3.05, 3.63) is 71.8 Å². The second kappa shape index (κ2) is 10.2. The van der Waals surface area contributed by atoms with E-state index in [9.17, 15) is 9.59 Å². The molecule has 0 saturated carbocycles. The lowest BCUT2D eigenvalue weighted by molar-refractivity contribution is 0.0710. The molecule has 0 aliphatic rings. The molecule has 0 aliphatic carbocycles. The van der Waals surface area contributed by atoms with Crippen molar-refractivity contribution < 1.29 is 38.0 Å². The van der Waals surface area contributed by atoms with Crippen LogP contribution in [0.25, 0.3) is 0 Å². The summed E-state index contributed by atoms with van der Waals surface area (Å²) in [5.74, 6) is 0.446. The molecular weight excluding hydrogens is 416 g/mol. The van der Waals surface area contributed by atoms with Crippen LogP contribution in [0.1, 0.15) is 20.7 Å². The van der Waals surface area contributed by atoms with Crippen molar-refractivity contribution in [2.24, 2.45) is 0 Å². The normalized spacial score (nSPS) is 10.1. The first-order chi connectivity index (χ1) is 15.5. The molecule has 0 amide bonds. The minimum Gasteiger partial charge on any atom is -0.493 e. The molecule has 0 fully saturated rings. The monoisotopic (exact) mass is 438 g/mol. The number of methoxy groups -OCH3 is 4. The molecule has 0 spiro atoms. The van der Waals surface area contributed by atoms with Gasteiger partial charge in [0.1, 0.15) is 0 Å². The lowest BCUT2D eigenvalue weighted by atomic mass is 10.1. The van der Waals surface area contributed by atoms with Gasteiger partial charge in [0.2, 0.25) is 11.5 Å². The van der Waals surface area contributed by atoms with Crippen LogP contribution in [-0.2, 0) is 0 Å². The Labute approximate surface area is 185 Å². The summed E-state index contributed by atoms with van der Waals surface area (Å²) >= 11 is 0. The predicted octanol–water partition coefficient (Wildman–Crippen LogP) is 4.16. The molecule has 0 aliphatic heterocycles. The van der Waals surface area contributed by atoms with Gasteiger partial charge in [-0.05, 0) is 48.5 Å². The number of benzene rings is 3. The number of carbonyl (C=O) groups is 2. The molecule has 3 rings (SSSR count). The molecule has 0 unspecified atom stereocenters. The van der Waals surface area contributed by atoms with E-state index in [2.05, 4.69) is 0 Å². The summed E-state index contributed by atoms with van der Waals surface area (Å²) in [4.78, 5) is 25.2. The Morgan fingerprint density at radius 1 is 0.500 bits per heavy atom. The molecule has 8 nitrogen and oxygen atoms in total. The van der Waals surface area contributed by atoms with Gasteiger partial charge in [0.25, 0.3) is 0 Å². The van der Waals surface area contributed by atoms with Gasteiger partial charge in [0.15, 0.2) is 23.0 Å². The van der Waals surface area contributed by atoms with Gasteiger partial charge in [-0.15, -0.1) is 0 Å². The fraction of sp³-hybridized carbons (Fsp3) is 0.167. The number of para-hydroxylation sites is 2. The molecule has 3 aromatic carbocycles. The summed E-state index contributed by atoms with van der Waals surface area (Å²) < 4.78 is 31.8. The summed E-state index contributed by atoms with van der Waals surface area (Å²) in [6, 6.07) is 15.9. The molecule has 8 heteroatoms. The molecule has 0 aromatic heterocycles. The van der Waals surface area contributed by atoms with E-state index in [-0.39, 0.29) is 22.6 Å². The molecule has 32 heavy (non-hydrogen) atoms. The fourth-order valence-electron chi connectivity index (χ4n) is 2.88. The van der Waals surface area contributed by atoms with Crippen molar-refractivity contribution in [2.75, 3.05) is 28.4 Å². The van der Waals surface area contributed by atoms with E-state index in [1.54, 1.807) is 36.4 Å². The molecule has 0 saturated heterocycles. The van der Waals surface area contributed by atoms with Gasteiger partial charge in [-0.3, -0.25) is 0 Å². The largest absolute Gasteiger partial charge is 0.493 e. The number of esters is 2. The van der Waals surface area contributed by atoms with Gasteiger partial charge >= 0.3 is 11.9 Å². The van der Waals surface area contributed by atoms with E-state index < -0.39 is 11.9 Å². The molecule has 0 N–H and O–H groups in total. The van der Waals surface area contributed by atoms with E-state index in [1.807, 2.05) is 0 Å². The smallest absolute Gasteiger partial charge is 0.343 e. The number of ether oxygens (including phenoxy) is 6. The van der Waals surface area contributed by atoms with E-state index >= 15 is 0 Å². The minimum absolute atomic E-state index is 0.161. The summed E-state index contributed by atoms with van der Waals surface area (Å²) in [5.41, 5.74) is 0.453. The predicted molar refractivity (Wildman–Crippen MR) is 115 cm³/mol. The first kappa shape index (κ1) is 22.5. The Bertz CT molecular complexity index is 972. The summed E-state index contributed by atoms with van der Waals surface area (Å²) in [5, 5.41) is 0. The zero-order valence-corrected chi connectivity index (χ0v) is 18.0. The van der Waals surface area contributed by atoms with Crippen LogP contribution in [0.15, 0.2) is 60.7 Å². The van der Waals surface area contributed by atoms with Crippen molar-refractivity contribution >= 4 is 11.9 Å². The topological polar surface area (TPSA) is 89.5 Å². The van der Waals surface area contributed by atoms with Crippen LogP contribution in [0, 0.1) is 0 Å². The van der Waals surface area contributed by atoms with E-state index in [4.69, 9.17) is 28.4 Å². The SMILES string of the molecule is COc1cccc(OC)c1OC(=O)c1ccc(C(=O)Oc2c(OC)cccc2OC)cc1. The number of rotatable bonds is 8. The van der Waals surface area contributed by atoms with Gasteiger partial charge in [-0.25, -0.2) is 9.59 Å². The molecule has 0 heterocycles. The lowest BCUT2D eigenvalue weighted by Crippen LogP contribution is -2.12. The number of hydrogen-bond acceptors (Lipinski definition) is 8. The highest BCUT2D eigenvalue weighted by Gasteiger charge is 2.20. The van der Waals surface area contributed by atoms with Crippen LogP contribution in [0.5, 0.6) is 34.5 Å². The van der Waals surface area contributed by atoms with Crippen molar-refractivity contribution in [1.82, 2.24) is 0 Å². The first-order valence-corrected chi connectivity index (χ1v) is 9.48. The van der Waals surface area contributed by atoms with Gasteiger partial charge in [0, 0.05) is 0 Å². The van der Waals surface area contributed by atoms with Crippen molar-refractivity contribution in [2.45, 2.75) is 0 Å². The second-order valence-electron chi connectivity index (χ2n) is 6.34. The summed E-state index contributed by atoms with van der Waals surface area (Å²) in [6.45, 7) is 0. The van der Waals surface area contributed by atoms with Crippen LogP contribution < -0.4 is 28.4 Å². The minimum atomic E-state index is -0.640. The Morgan fingerprint density at radius 3 is 1.03 bits per heavy atom. The van der Waals surface area contributed by atoms with Crippen molar-refractivity contribution in [3.63, 3.8) is 0 Å². The maximum Gasteiger partial charge on any atom is 0.343 e. The molecule has 0 bridgehead atoms. The third-order valence-corrected chi connectivity index (χ3v) is 4.51. The molecule has 0 atom stereocenters. The highest BCUT2D eigenvalue weighted by molar-refractivity contribution is 5.95. The van der Waals surface area contributed by atoms with Crippen LogP contribution in [0.4, 0.5) is 0 Å². The number of hydrogen-bond donors (Lipinski definition) is 0. The zero-order valence-electron chi connectivity index (χ0n) is 18.0. The Hall–Kier alpha value is -4.20. The van der Waals surface area contributed by atoms with Crippen LogP contribution >= 0.6 is 0 Å². The quantitative estimate of drug-likeness (QED) is 0.383. The average Bonchev–Trinajstić information content (AvgIpc) is 2.84. The van der Waals surface area contributed by atoms with Gasteiger partial charge in [-0.2, -0.15) is 0 Å². The van der Waals surface area contributed by atoms with E-state index in [1.165, 1.54) is 52.7 Å². The fourth-order valence-corrected chi connectivity index (χ4v) is 2.88. The Morgan fingerprint density at radius 2 is 0.781 bits per heavy atom. The maximum absolute atomic E-state index is 12.6. The maximum atomic E-state index is 12.6. The molecule has 0 radical (unpaired) electrons. The van der Waals surface area contributed by atoms with E-state index in [0.717, 1.165) is 0 Å². The van der Waals surface area contributed by atoms with Crippen LogP contribution in [0.2, 0.25) is 0 Å². The highest BCUT2D eigenvalue weighted by atomic mass is 16.6. The average molecular weight is 438 g/mol. The van der Waals surface area contributed by atoms with Gasteiger partial charge in [-0.1, -0.05) is 12.1 Å². The van der Waals surface area contributed by atoms with Crippen LogP contribution in [-0.4, -0.2) is 40.4 Å². The Kier molecular flexibility index (Phi) is 7.17. The van der Waals surface area contributed by atoms with Crippen LogP contribution in [0.3, 0.4) is 0 Å². The lowest BCUT2D eigenvalue weighted by Gasteiger charge is -2.13. The van der Waals surface area contributed by atoms with Gasteiger partial charge in [0.05, 0.1) is 39.6 Å². The third kappa shape index (κ3) is 4.75. The molecule has 3 aromatic rings. The highest BCUT2D eigenvalue weighted by Crippen LogP contribution is 2.38. The standard InChI is InChI=1S/C24H22O8/c1-27-17-7-5-8-18(28-2)21(17)31-23(25)15-11-13-16(14-12-15)24(26)32-22-19(29-3)9-6-10-20(22)30-4/h5-14H,1-4H3. The molecule has 166 valence electrons. The molecular formula is C24H22O8. The van der Waals surface area contributed by atoms with Gasteiger partial charge < -0.3 is 28.4 Å².